The Hall–Kier alpha value is -1.55. The highest BCUT2D eigenvalue weighted by molar-refractivity contribution is 5.06. The molecule has 2 heterocycles. The van der Waals surface area contributed by atoms with Crippen LogP contribution in [0.25, 0.3) is 0 Å². The molecule has 2 aromatic heterocycles. The number of aryl methyl sites for hydroxylation is 2. The zero-order chi connectivity index (χ0) is 12.8. The van der Waals surface area contributed by atoms with Crippen LogP contribution >= 0.6 is 0 Å². The SMILES string of the molecule is CC(C)CNCc1cccn1CCn1ccnc1. The number of rotatable bonds is 7. The van der Waals surface area contributed by atoms with Gasteiger partial charge in [-0.3, -0.25) is 0 Å². The van der Waals surface area contributed by atoms with Crippen molar-refractivity contribution in [1.82, 2.24) is 19.4 Å². The smallest absolute Gasteiger partial charge is 0.0946 e. The van der Waals surface area contributed by atoms with E-state index < -0.39 is 0 Å². The largest absolute Gasteiger partial charge is 0.348 e. The molecule has 0 amide bonds. The fourth-order valence-corrected chi connectivity index (χ4v) is 1.96. The summed E-state index contributed by atoms with van der Waals surface area (Å²) in [4.78, 5) is 4.05. The van der Waals surface area contributed by atoms with E-state index in [0.29, 0.717) is 5.92 Å². The minimum Gasteiger partial charge on any atom is -0.348 e. The Morgan fingerprint density at radius 1 is 1.28 bits per heavy atom. The predicted octanol–water partition coefficient (Wildman–Crippen LogP) is 2.13. The fraction of sp³-hybridized carbons (Fsp3) is 0.500. The highest BCUT2D eigenvalue weighted by Crippen LogP contribution is 2.03. The molecule has 2 aromatic rings. The lowest BCUT2D eigenvalue weighted by Gasteiger charge is -2.11. The zero-order valence-electron chi connectivity index (χ0n) is 11.2. The minimum atomic E-state index is 0.694. The minimum absolute atomic E-state index is 0.694. The first-order valence-corrected chi connectivity index (χ1v) is 6.56. The van der Waals surface area contributed by atoms with Crippen molar-refractivity contribution in [2.75, 3.05) is 6.54 Å². The Balaban J connectivity index is 1.83. The molecule has 0 aromatic carbocycles. The van der Waals surface area contributed by atoms with Gasteiger partial charge in [-0.15, -0.1) is 0 Å². The molecule has 0 saturated heterocycles. The molecular weight excluding hydrogens is 224 g/mol. The lowest BCUT2D eigenvalue weighted by atomic mass is 10.2. The maximum Gasteiger partial charge on any atom is 0.0946 e. The lowest BCUT2D eigenvalue weighted by molar-refractivity contribution is 0.518. The van der Waals surface area contributed by atoms with Gasteiger partial charge in [0, 0.05) is 43.9 Å². The van der Waals surface area contributed by atoms with E-state index >= 15 is 0 Å². The van der Waals surface area contributed by atoms with Crippen LogP contribution in [0.5, 0.6) is 0 Å². The number of hydrogen-bond acceptors (Lipinski definition) is 2. The van der Waals surface area contributed by atoms with Crippen LogP contribution in [0.15, 0.2) is 37.1 Å². The van der Waals surface area contributed by atoms with Crippen molar-refractivity contribution < 1.29 is 0 Å². The highest BCUT2D eigenvalue weighted by atomic mass is 15.1. The normalized spacial score (nSPS) is 11.3. The average Bonchev–Trinajstić information content (AvgIpc) is 2.96. The summed E-state index contributed by atoms with van der Waals surface area (Å²) in [6, 6.07) is 4.29. The van der Waals surface area contributed by atoms with Gasteiger partial charge < -0.3 is 14.5 Å². The second-order valence-corrected chi connectivity index (χ2v) is 5.02. The topological polar surface area (TPSA) is 34.8 Å². The van der Waals surface area contributed by atoms with Gasteiger partial charge in [-0.1, -0.05) is 13.8 Å². The second-order valence-electron chi connectivity index (χ2n) is 5.02. The molecule has 0 spiro atoms. The van der Waals surface area contributed by atoms with Crippen molar-refractivity contribution in [3.05, 3.63) is 42.7 Å². The molecule has 18 heavy (non-hydrogen) atoms. The summed E-state index contributed by atoms with van der Waals surface area (Å²) < 4.78 is 4.40. The van der Waals surface area contributed by atoms with Gasteiger partial charge in [-0.2, -0.15) is 0 Å². The molecule has 0 saturated carbocycles. The van der Waals surface area contributed by atoms with E-state index in [2.05, 4.69) is 51.6 Å². The molecule has 4 heteroatoms. The van der Waals surface area contributed by atoms with E-state index in [1.54, 1.807) is 0 Å². The number of nitrogens with zero attached hydrogens (tertiary/aromatic N) is 3. The number of hydrogen-bond donors (Lipinski definition) is 1. The van der Waals surface area contributed by atoms with Gasteiger partial charge in [0.2, 0.25) is 0 Å². The summed E-state index contributed by atoms with van der Waals surface area (Å²) >= 11 is 0. The van der Waals surface area contributed by atoms with Gasteiger partial charge in [-0.05, 0) is 24.6 Å². The van der Waals surface area contributed by atoms with Crippen molar-refractivity contribution in [1.29, 1.82) is 0 Å². The van der Waals surface area contributed by atoms with E-state index in [9.17, 15) is 0 Å². The van der Waals surface area contributed by atoms with Crippen molar-refractivity contribution in [2.24, 2.45) is 5.92 Å². The summed E-state index contributed by atoms with van der Waals surface area (Å²) in [6.45, 7) is 8.41. The molecule has 0 bridgehead atoms. The van der Waals surface area contributed by atoms with Crippen molar-refractivity contribution in [3.63, 3.8) is 0 Å². The summed E-state index contributed by atoms with van der Waals surface area (Å²) in [5.74, 6) is 0.694. The van der Waals surface area contributed by atoms with E-state index in [1.807, 2.05) is 18.7 Å². The van der Waals surface area contributed by atoms with Gasteiger partial charge in [0.1, 0.15) is 0 Å². The average molecular weight is 246 g/mol. The van der Waals surface area contributed by atoms with Gasteiger partial charge >= 0.3 is 0 Å². The Bertz CT molecular complexity index is 442. The van der Waals surface area contributed by atoms with Gasteiger partial charge in [0.15, 0.2) is 0 Å². The van der Waals surface area contributed by atoms with E-state index in [1.165, 1.54) is 5.69 Å². The maximum atomic E-state index is 4.05. The molecule has 0 unspecified atom stereocenters. The van der Waals surface area contributed by atoms with E-state index in [0.717, 1.165) is 26.2 Å². The van der Waals surface area contributed by atoms with Crippen LogP contribution in [0, 0.1) is 5.92 Å². The molecule has 2 rings (SSSR count). The molecule has 98 valence electrons. The van der Waals surface area contributed by atoms with Crippen LogP contribution in [0.3, 0.4) is 0 Å². The van der Waals surface area contributed by atoms with Gasteiger partial charge in [-0.25, -0.2) is 4.98 Å². The molecule has 0 aliphatic carbocycles. The number of nitrogens with one attached hydrogen (secondary N) is 1. The van der Waals surface area contributed by atoms with Gasteiger partial charge in [0.25, 0.3) is 0 Å². The molecule has 0 radical (unpaired) electrons. The molecule has 0 aliphatic rings. The van der Waals surface area contributed by atoms with Crippen molar-refractivity contribution in [2.45, 2.75) is 33.5 Å². The molecule has 0 atom stereocenters. The quantitative estimate of drug-likeness (QED) is 0.812. The molecule has 4 nitrogen and oxygen atoms in total. The van der Waals surface area contributed by atoms with Crippen molar-refractivity contribution in [3.8, 4) is 0 Å². The van der Waals surface area contributed by atoms with Crippen LogP contribution in [0.1, 0.15) is 19.5 Å². The first-order valence-electron chi connectivity index (χ1n) is 6.56. The van der Waals surface area contributed by atoms with Crippen molar-refractivity contribution >= 4 is 0 Å². The summed E-state index contributed by atoms with van der Waals surface area (Å²) in [5, 5.41) is 3.48. The maximum absolute atomic E-state index is 4.05. The molecule has 0 aliphatic heterocycles. The number of imidazole rings is 1. The molecule has 1 N–H and O–H groups in total. The Morgan fingerprint density at radius 2 is 2.17 bits per heavy atom. The van der Waals surface area contributed by atoms with E-state index in [4.69, 9.17) is 0 Å². The first-order chi connectivity index (χ1) is 8.75. The molecular formula is C14H22N4. The number of aromatic nitrogens is 3. The fourth-order valence-electron chi connectivity index (χ4n) is 1.96. The summed E-state index contributed by atoms with van der Waals surface area (Å²) in [6.07, 6.45) is 7.82. The van der Waals surface area contributed by atoms with E-state index in [-0.39, 0.29) is 0 Å². The molecule has 0 fully saturated rings. The standard InChI is InChI=1S/C14H22N4/c1-13(2)10-16-11-14-4-3-6-18(14)9-8-17-7-5-15-12-17/h3-7,12-13,16H,8-11H2,1-2H3. The van der Waals surface area contributed by atoms with Crippen LogP contribution in [0.2, 0.25) is 0 Å². The third-order valence-electron chi connectivity index (χ3n) is 2.94. The predicted molar refractivity (Wildman–Crippen MR) is 73.2 cm³/mol. The zero-order valence-corrected chi connectivity index (χ0v) is 11.2. The van der Waals surface area contributed by atoms with Gasteiger partial charge in [0.05, 0.1) is 6.33 Å². The van der Waals surface area contributed by atoms with Crippen LogP contribution in [-0.2, 0) is 19.6 Å². The van der Waals surface area contributed by atoms with Crippen LogP contribution in [-0.4, -0.2) is 20.7 Å². The lowest BCUT2D eigenvalue weighted by Crippen LogP contribution is -2.21. The third kappa shape index (κ3) is 3.74. The van der Waals surface area contributed by atoms with Crippen LogP contribution < -0.4 is 5.32 Å². The monoisotopic (exact) mass is 246 g/mol. The summed E-state index contributed by atoms with van der Waals surface area (Å²) in [5.41, 5.74) is 1.34. The Morgan fingerprint density at radius 3 is 2.89 bits per heavy atom. The first kappa shape index (κ1) is 12.9. The Labute approximate surface area is 109 Å². The highest BCUT2D eigenvalue weighted by Gasteiger charge is 2.01. The summed E-state index contributed by atoms with van der Waals surface area (Å²) in [7, 11) is 0. The second kappa shape index (κ2) is 6.40. The third-order valence-corrected chi connectivity index (χ3v) is 2.94. The van der Waals surface area contributed by atoms with Crippen LogP contribution in [0.4, 0.5) is 0 Å². The Kier molecular flexibility index (Phi) is 4.59.